The first kappa shape index (κ1) is 18.1. The number of urea groups is 1. The lowest BCUT2D eigenvalue weighted by atomic mass is 9.91. The first-order valence-electron chi connectivity index (χ1n) is 9.11. The van der Waals surface area contributed by atoms with Gasteiger partial charge in [0, 0.05) is 25.2 Å². The number of amides is 3. The van der Waals surface area contributed by atoms with Crippen molar-refractivity contribution in [1.82, 2.24) is 15.5 Å². The van der Waals surface area contributed by atoms with Crippen LogP contribution in [0.4, 0.5) is 4.79 Å². The molecule has 2 N–H and O–H groups in total. The lowest BCUT2D eigenvalue weighted by Crippen LogP contribution is -2.40. The summed E-state index contributed by atoms with van der Waals surface area (Å²) < 4.78 is 0. The van der Waals surface area contributed by atoms with Gasteiger partial charge >= 0.3 is 6.03 Å². The summed E-state index contributed by atoms with van der Waals surface area (Å²) >= 11 is 6.17. The number of nitrogens with one attached hydrogen (secondary N) is 2. The monoisotopic (exact) mass is 363 g/mol. The van der Waals surface area contributed by atoms with Crippen LogP contribution in [-0.4, -0.2) is 37.0 Å². The summed E-state index contributed by atoms with van der Waals surface area (Å²) in [4.78, 5) is 26.3. The lowest BCUT2D eigenvalue weighted by Gasteiger charge is -2.27. The second kappa shape index (κ2) is 8.09. The minimum atomic E-state index is -0.139. The molecule has 0 bridgehead atoms. The van der Waals surface area contributed by atoms with Gasteiger partial charge in [-0.25, -0.2) is 4.79 Å². The van der Waals surface area contributed by atoms with Gasteiger partial charge in [0.25, 0.3) is 0 Å². The van der Waals surface area contributed by atoms with Gasteiger partial charge in [0.15, 0.2) is 0 Å². The molecule has 3 amide bonds. The van der Waals surface area contributed by atoms with Gasteiger partial charge in [-0.15, -0.1) is 0 Å². The maximum atomic E-state index is 12.8. The van der Waals surface area contributed by atoms with Crippen LogP contribution in [0.25, 0.3) is 0 Å². The van der Waals surface area contributed by atoms with E-state index in [1.54, 1.807) is 11.9 Å². The van der Waals surface area contributed by atoms with Gasteiger partial charge in [-0.3, -0.25) is 4.79 Å². The van der Waals surface area contributed by atoms with Crippen molar-refractivity contribution in [1.29, 1.82) is 0 Å². The fourth-order valence-corrected chi connectivity index (χ4v) is 4.25. The largest absolute Gasteiger partial charge is 0.349 e. The molecule has 0 radical (unpaired) electrons. The van der Waals surface area contributed by atoms with Crippen molar-refractivity contribution < 1.29 is 9.59 Å². The van der Waals surface area contributed by atoms with Gasteiger partial charge in [-0.1, -0.05) is 36.6 Å². The molecule has 2 fully saturated rings. The van der Waals surface area contributed by atoms with E-state index in [0.29, 0.717) is 30.5 Å². The summed E-state index contributed by atoms with van der Waals surface area (Å²) in [5, 5.41) is 6.59. The molecule has 1 aliphatic carbocycles. The molecule has 1 heterocycles. The Labute approximate surface area is 154 Å². The molecule has 0 spiro atoms. The van der Waals surface area contributed by atoms with Crippen LogP contribution in [0.2, 0.25) is 5.02 Å². The second-order valence-corrected chi connectivity index (χ2v) is 7.51. The summed E-state index contributed by atoms with van der Waals surface area (Å²) in [6.45, 7) is 1.11. The number of benzene rings is 1. The fourth-order valence-electron chi connectivity index (χ4n) is 4.05. The number of carbonyl (C=O) groups is 2. The number of carbonyl (C=O) groups excluding carboxylic acids is 2. The normalized spacial score (nSPS) is 22.0. The first-order chi connectivity index (χ1) is 12.1. The maximum Gasteiger partial charge on any atom is 0.317 e. The van der Waals surface area contributed by atoms with Crippen LogP contribution in [-0.2, 0) is 4.79 Å². The molecular formula is C19H26ClN3O2. The van der Waals surface area contributed by atoms with Crippen LogP contribution in [0, 0.1) is 11.8 Å². The molecule has 1 saturated heterocycles. The minimum Gasteiger partial charge on any atom is -0.349 e. The van der Waals surface area contributed by atoms with E-state index in [9.17, 15) is 9.59 Å². The third kappa shape index (κ3) is 4.27. The topological polar surface area (TPSA) is 61.4 Å². The van der Waals surface area contributed by atoms with Gasteiger partial charge in [0.1, 0.15) is 0 Å². The maximum absolute atomic E-state index is 12.8. The molecule has 136 valence electrons. The van der Waals surface area contributed by atoms with Crippen molar-refractivity contribution in [3.63, 3.8) is 0 Å². The van der Waals surface area contributed by atoms with Gasteiger partial charge < -0.3 is 15.5 Å². The van der Waals surface area contributed by atoms with E-state index in [0.717, 1.165) is 18.4 Å². The standard InChI is InChI=1S/C19H26ClN3O2/c1-21-19(25)23-10-9-15(12-23)18(24)22-17(13-5-2-3-6-13)14-7-4-8-16(20)11-14/h4,7-8,11,13,15,17H,2-3,5-6,9-10,12H2,1H3,(H,21,25)(H,22,24)/t15-,17-/m0/s1. The highest BCUT2D eigenvalue weighted by atomic mass is 35.5. The zero-order valence-corrected chi connectivity index (χ0v) is 15.4. The van der Waals surface area contributed by atoms with Crippen LogP contribution in [0.15, 0.2) is 24.3 Å². The van der Waals surface area contributed by atoms with Crippen molar-refractivity contribution in [3.8, 4) is 0 Å². The van der Waals surface area contributed by atoms with Gasteiger partial charge in [-0.2, -0.15) is 0 Å². The van der Waals surface area contributed by atoms with Crippen LogP contribution >= 0.6 is 11.6 Å². The Kier molecular flexibility index (Phi) is 5.84. The number of halogens is 1. The average Bonchev–Trinajstić information content (AvgIpc) is 3.30. The van der Waals surface area contributed by atoms with Crippen molar-refractivity contribution in [2.45, 2.75) is 38.1 Å². The highest BCUT2D eigenvalue weighted by molar-refractivity contribution is 6.30. The quantitative estimate of drug-likeness (QED) is 0.861. The molecule has 0 aromatic heterocycles. The third-order valence-electron chi connectivity index (χ3n) is 5.44. The Morgan fingerprint density at radius 3 is 2.68 bits per heavy atom. The molecule has 6 heteroatoms. The number of rotatable bonds is 4. The summed E-state index contributed by atoms with van der Waals surface area (Å²) in [5.74, 6) is 0.363. The Balaban J connectivity index is 1.70. The van der Waals surface area contributed by atoms with E-state index in [2.05, 4.69) is 10.6 Å². The minimum absolute atomic E-state index is 0.00255. The fraction of sp³-hybridized carbons (Fsp3) is 0.579. The molecule has 1 saturated carbocycles. The SMILES string of the molecule is CNC(=O)N1CC[C@H](C(=O)N[C@H](c2cccc(Cl)c2)C2CCCC2)C1. The Hall–Kier alpha value is -1.75. The van der Waals surface area contributed by atoms with Gasteiger partial charge in [-0.05, 0) is 42.9 Å². The van der Waals surface area contributed by atoms with Gasteiger partial charge in [0.2, 0.25) is 5.91 Å². The molecule has 1 aromatic carbocycles. The zero-order valence-electron chi connectivity index (χ0n) is 14.6. The molecule has 1 aliphatic heterocycles. The summed E-state index contributed by atoms with van der Waals surface area (Å²) in [6.07, 6.45) is 5.40. The number of nitrogens with zero attached hydrogens (tertiary/aromatic N) is 1. The molecule has 2 aliphatic rings. The Morgan fingerprint density at radius 1 is 1.24 bits per heavy atom. The number of hydrogen-bond donors (Lipinski definition) is 2. The molecule has 5 nitrogen and oxygen atoms in total. The second-order valence-electron chi connectivity index (χ2n) is 7.07. The first-order valence-corrected chi connectivity index (χ1v) is 9.48. The predicted octanol–water partition coefficient (Wildman–Crippen LogP) is 3.35. The Bertz CT molecular complexity index is 631. The predicted molar refractivity (Wildman–Crippen MR) is 98.4 cm³/mol. The lowest BCUT2D eigenvalue weighted by molar-refractivity contribution is -0.125. The van der Waals surface area contributed by atoms with Crippen molar-refractivity contribution in [3.05, 3.63) is 34.9 Å². The molecule has 0 unspecified atom stereocenters. The van der Waals surface area contributed by atoms with E-state index in [1.165, 1.54) is 12.8 Å². The third-order valence-corrected chi connectivity index (χ3v) is 5.67. The van der Waals surface area contributed by atoms with Crippen molar-refractivity contribution >= 4 is 23.5 Å². The zero-order chi connectivity index (χ0) is 17.8. The highest BCUT2D eigenvalue weighted by Gasteiger charge is 2.34. The van der Waals surface area contributed by atoms with E-state index in [1.807, 2.05) is 24.3 Å². The molecule has 2 atom stereocenters. The number of hydrogen-bond acceptors (Lipinski definition) is 2. The van der Waals surface area contributed by atoms with Crippen LogP contribution in [0.5, 0.6) is 0 Å². The molecular weight excluding hydrogens is 338 g/mol. The summed E-state index contributed by atoms with van der Waals surface area (Å²) in [6, 6.07) is 7.68. The highest BCUT2D eigenvalue weighted by Crippen LogP contribution is 2.36. The summed E-state index contributed by atoms with van der Waals surface area (Å²) in [7, 11) is 1.62. The average molecular weight is 364 g/mol. The van der Waals surface area contributed by atoms with Gasteiger partial charge in [0.05, 0.1) is 12.0 Å². The van der Waals surface area contributed by atoms with Crippen LogP contribution < -0.4 is 10.6 Å². The molecule has 3 rings (SSSR count). The van der Waals surface area contributed by atoms with Crippen LogP contribution in [0.3, 0.4) is 0 Å². The van der Waals surface area contributed by atoms with Crippen molar-refractivity contribution in [2.75, 3.05) is 20.1 Å². The Morgan fingerprint density at radius 2 is 2.00 bits per heavy atom. The van der Waals surface area contributed by atoms with Crippen molar-refractivity contribution in [2.24, 2.45) is 11.8 Å². The van der Waals surface area contributed by atoms with E-state index >= 15 is 0 Å². The van der Waals surface area contributed by atoms with E-state index < -0.39 is 0 Å². The van der Waals surface area contributed by atoms with E-state index in [-0.39, 0.29) is 23.9 Å². The smallest absolute Gasteiger partial charge is 0.317 e. The van der Waals surface area contributed by atoms with E-state index in [4.69, 9.17) is 11.6 Å². The molecule has 25 heavy (non-hydrogen) atoms. The molecule has 1 aromatic rings. The number of likely N-dealkylation sites (tertiary alicyclic amines) is 1. The van der Waals surface area contributed by atoms with Crippen LogP contribution in [0.1, 0.15) is 43.7 Å². The summed E-state index contributed by atoms with van der Waals surface area (Å²) in [5.41, 5.74) is 1.08.